The van der Waals surface area contributed by atoms with Gasteiger partial charge in [-0.25, -0.2) is 0 Å². The summed E-state index contributed by atoms with van der Waals surface area (Å²) in [6, 6.07) is 4.54. The topological polar surface area (TPSA) is 81.5 Å². The molecule has 0 saturated heterocycles. The Balaban J connectivity index is 2.71. The molecule has 0 saturated carbocycles. The number of nitro benzene ring substituents is 1. The summed E-state index contributed by atoms with van der Waals surface area (Å²) in [6.45, 7) is 3.73. The first-order valence-electron chi connectivity index (χ1n) is 5.51. The van der Waals surface area contributed by atoms with Crippen LogP contribution in [0.2, 0.25) is 0 Å². The molecule has 0 aliphatic carbocycles. The number of carbonyl (C=O) groups is 1. The van der Waals surface area contributed by atoms with E-state index in [2.05, 4.69) is 10.1 Å². The molecule has 1 unspecified atom stereocenters. The van der Waals surface area contributed by atoms with Crippen LogP contribution >= 0.6 is 0 Å². The molecule has 0 aliphatic rings. The number of hydrogen-bond acceptors (Lipinski definition) is 5. The van der Waals surface area contributed by atoms with E-state index in [-0.39, 0.29) is 11.7 Å². The third kappa shape index (κ3) is 3.53. The van der Waals surface area contributed by atoms with Crippen LogP contribution in [-0.4, -0.2) is 24.0 Å². The fraction of sp³-hybridized carbons (Fsp3) is 0.417. The van der Waals surface area contributed by atoms with E-state index in [4.69, 9.17) is 0 Å². The molecule has 18 heavy (non-hydrogen) atoms. The molecule has 0 heterocycles. The van der Waals surface area contributed by atoms with Gasteiger partial charge in [0.25, 0.3) is 5.69 Å². The van der Waals surface area contributed by atoms with Gasteiger partial charge in [-0.15, -0.1) is 0 Å². The molecule has 1 N–H and O–H groups in total. The summed E-state index contributed by atoms with van der Waals surface area (Å²) in [6.07, 6.45) is 0. The highest BCUT2D eigenvalue weighted by Crippen LogP contribution is 2.19. The number of esters is 1. The van der Waals surface area contributed by atoms with Crippen molar-refractivity contribution in [2.45, 2.75) is 26.4 Å². The van der Waals surface area contributed by atoms with Crippen LogP contribution < -0.4 is 5.32 Å². The van der Waals surface area contributed by atoms with Crippen molar-refractivity contribution < 1.29 is 14.5 Å². The largest absolute Gasteiger partial charge is 0.468 e. The Kier molecular flexibility index (Phi) is 4.79. The summed E-state index contributed by atoms with van der Waals surface area (Å²) < 4.78 is 4.57. The number of carbonyl (C=O) groups excluding carboxylic acids is 1. The van der Waals surface area contributed by atoms with E-state index in [0.29, 0.717) is 12.1 Å². The number of nitrogens with one attached hydrogen (secondary N) is 1. The standard InChI is InChI=1S/C12H16N2O4/c1-8-4-5-10(6-11(8)14(16)17)7-13-9(2)12(15)18-3/h4-6,9,13H,7H2,1-3H3. The van der Waals surface area contributed by atoms with Gasteiger partial charge in [-0.2, -0.15) is 0 Å². The molecule has 6 heteroatoms. The van der Waals surface area contributed by atoms with Gasteiger partial charge in [-0.1, -0.05) is 12.1 Å². The van der Waals surface area contributed by atoms with Crippen molar-refractivity contribution in [1.82, 2.24) is 5.32 Å². The second-order valence-corrected chi connectivity index (χ2v) is 4.00. The third-order valence-electron chi connectivity index (χ3n) is 2.64. The number of benzene rings is 1. The normalized spacial score (nSPS) is 11.9. The van der Waals surface area contributed by atoms with Gasteiger partial charge in [0.1, 0.15) is 6.04 Å². The molecular formula is C12H16N2O4. The van der Waals surface area contributed by atoms with E-state index < -0.39 is 11.0 Å². The number of nitrogens with zero attached hydrogens (tertiary/aromatic N) is 1. The molecule has 0 bridgehead atoms. The molecular weight excluding hydrogens is 236 g/mol. The smallest absolute Gasteiger partial charge is 0.322 e. The van der Waals surface area contributed by atoms with Crippen LogP contribution in [0.3, 0.4) is 0 Å². The predicted octanol–water partition coefficient (Wildman–Crippen LogP) is 1.55. The molecule has 6 nitrogen and oxygen atoms in total. The van der Waals surface area contributed by atoms with Crippen molar-refractivity contribution >= 4 is 11.7 Å². The summed E-state index contributed by atoms with van der Waals surface area (Å²) >= 11 is 0. The second kappa shape index (κ2) is 6.11. The molecule has 0 aromatic heterocycles. The van der Waals surface area contributed by atoms with Crippen LogP contribution in [0.5, 0.6) is 0 Å². The highest BCUT2D eigenvalue weighted by Gasteiger charge is 2.14. The average molecular weight is 252 g/mol. The first-order chi connectivity index (χ1) is 8.45. The molecule has 98 valence electrons. The van der Waals surface area contributed by atoms with Crippen LogP contribution in [0.1, 0.15) is 18.1 Å². The maximum absolute atomic E-state index is 11.2. The van der Waals surface area contributed by atoms with Gasteiger partial charge in [0, 0.05) is 18.2 Å². The number of aryl methyl sites for hydroxylation is 1. The van der Waals surface area contributed by atoms with Gasteiger partial charge in [0.05, 0.1) is 12.0 Å². The van der Waals surface area contributed by atoms with E-state index in [1.165, 1.54) is 13.2 Å². The summed E-state index contributed by atoms with van der Waals surface area (Å²) in [5, 5.41) is 13.7. The molecule has 1 aromatic rings. The lowest BCUT2D eigenvalue weighted by Gasteiger charge is -2.11. The lowest BCUT2D eigenvalue weighted by atomic mass is 10.1. The fourth-order valence-electron chi connectivity index (χ4n) is 1.49. The number of rotatable bonds is 5. The summed E-state index contributed by atoms with van der Waals surface area (Å²) in [7, 11) is 1.32. The molecule has 0 fully saturated rings. The van der Waals surface area contributed by atoms with Crippen molar-refractivity contribution in [2.75, 3.05) is 7.11 Å². The first kappa shape index (κ1) is 14.1. The molecule has 0 aliphatic heterocycles. The minimum absolute atomic E-state index is 0.0834. The summed E-state index contributed by atoms with van der Waals surface area (Å²) in [5.41, 5.74) is 1.45. The number of hydrogen-bond donors (Lipinski definition) is 1. The number of methoxy groups -OCH3 is 1. The van der Waals surface area contributed by atoms with Gasteiger partial charge < -0.3 is 10.1 Å². The molecule has 0 spiro atoms. The van der Waals surface area contributed by atoms with Crippen LogP contribution in [-0.2, 0) is 16.1 Å². The molecule has 1 aromatic carbocycles. The second-order valence-electron chi connectivity index (χ2n) is 4.00. The van der Waals surface area contributed by atoms with E-state index in [1.807, 2.05) is 0 Å². The van der Waals surface area contributed by atoms with Crippen LogP contribution in [0.15, 0.2) is 18.2 Å². The monoisotopic (exact) mass is 252 g/mol. The van der Waals surface area contributed by atoms with E-state index >= 15 is 0 Å². The van der Waals surface area contributed by atoms with E-state index in [9.17, 15) is 14.9 Å². The highest BCUT2D eigenvalue weighted by atomic mass is 16.6. The van der Waals surface area contributed by atoms with Gasteiger partial charge in [0.15, 0.2) is 0 Å². The first-order valence-corrected chi connectivity index (χ1v) is 5.51. The van der Waals surface area contributed by atoms with Gasteiger partial charge in [0.2, 0.25) is 0 Å². The average Bonchev–Trinajstić information content (AvgIpc) is 2.36. The zero-order valence-electron chi connectivity index (χ0n) is 10.6. The Hall–Kier alpha value is -1.95. The van der Waals surface area contributed by atoms with Gasteiger partial charge >= 0.3 is 5.97 Å². The Morgan fingerprint density at radius 1 is 1.56 bits per heavy atom. The minimum atomic E-state index is -0.449. The lowest BCUT2D eigenvalue weighted by Crippen LogP contribution is -2.34. The third-order valence-corrected chi connectivity index (χ3v) is 2.64. The van der Waals surface area contributed by atoms with Crippen LogP contribution in [0.4, 0.5) is 5.69 Å². The number of ether oxygens (including phenoxy) is 1. The molecule has 0 amide bonds. The maximum atomic E-state index is 11.2. The van der Waals surface area contributed by atoms with Crippen LogP contribution in [0, 0.1) is 17.0 Å². The Morgan fingerprint density at radius 3 is 2.78 bits per heavy atom. The minimum Gasteiger partial charge on any atom is -0.468 e. The van der Waals surface area contributed by atoms with Crippen molar-refractivity contribution in [1.29, 1.82) is 0 Å². The quantitative estimate of drug-likeness (QED) is 0.488. The fourth-order valence-corrected chi connectivity index (χ4v) is 1.49. The van der Waals surface area contributed by atoms with Gasteiger partial charge in [-0.3, -0.25) is 14.9 Å². The van der Waals surface area contributed by atoms with Crippen molar-refractivity contribution in [3.63, 3.8) is 0 Å². The Bertz CT molecular complexity index is 459. The molecule has 0 radical (unpaired) electrons. The van der Waals surface area contributed by atoms with Crippen molar-refractivity contribution in [3.8, 4) is 0 Å². The summed E-state index contributed by atoms with van der Waals surface area (Å²) in [5.74, 6) is -0.364. The molecule has 1 atom stereocenters. The van der Waals surface area contributed by atoms with E-state index in [1.54, 1.807) is 26.0 Å². The van der Waals surface area contributed by atoms with E-state index in [0.717, 1.165) is 5.56 Å². The zero-order chi connectivity index (χ0) is 13.7. The van der Waals surface area contributed by atoms with Crippen molar-refractivity contribution in [2.24, 2.45) is 0 Å². The Labute approximate surface area is 105 Å². The SMILES string of the molecule is COC(=O)C(C)NCc1ccc(C)c([N+](=O)[O-])c1. The molecule has 1 rings (SSSR count). The van der Waals surface area contributed by atoms with Crippen LogP contribution in [0.25, 0.3) is 0 Å². The zero-order valence-corrected chi connectivity index (χ0v) is 10.6. The predicted molar refractivity (Wildman–Crippen MR) is 66.2 cm³/mol. The lowest BCUT2D eigenvalue weighted by molar-refractivity contribution is -0.385. The maximum Gasteiger partial charge on any atom is 0.322 e. The van der Waals surface area contributed by atoms with Crippen molar-refractivity contribution in [3.05, 3.63) is 39.4 Å². The number of nitro groups is 1. The highest BCUT2D eigenvalue weighted by molar-refractivity contribution is 5.75. The summed E-state index contributed by atoms with van der Waals surface area (Å²) in [4.78, 5) is 21.5. The Morgan fingerprint density at radius 2 is 2.22 bits per heavy atom. The van der Waals surface area contributed by atoms with Gasteiger partial charge in [-0.05, 0) is 19.4 Å².